The van der Waals surface area contributed by atoms with Crippen LogP contribution in [0.1, 0.15) is 46.0 Å². The standard InChI is InChI=1S/C13H26ClN/c1-12-7-10-15(11-13(12)2)9-6-4-3-5-8-14/h12-13H,3-11H2,1-2H3. The maximum absolute atomic E-state index is 5.65. The Morgan fingerprint density at radius 2 is 1.80 bits per heavy atom. The molecule has 1 rings (SSSR count). The molecule has 0 radical (unpaired) electrons. The molecule has 1 aliphatic rings. The van der Waals surface area contributed by atoms with E-state index in [2.05, 4.69) is 18.7 Å². The molecule has 1 heterocycles. The van der Waals surface area contributed by atoms with Crippen LogP contribution < -0.4 is 0 Å². The van der Waals surface area contributed by atoms with Gasteiger partial charge >= 0.3 is 0 Å². The second-order valence-corrected chi connectivity index (χ2v) is 5.53. The molecule has 15 heavy (non-hydrogen) atoms. The number of piperidine rings is 1. The van der Waals surface area contributed by atoms with Crippen LogP contribution in [-0.4, -0.2) is 30.4 Å². The summed E-state index contributed by atoms with van der Waals surface area (Å²) in [5.41, 5.74) is 0. The van der Waals surface area contributed by atoms with E-state index < -0.39 is 0 Å². The van der Waals surface area contributed by atoms with Crippen molar-refractivity contribution >= 4 is 11.6 Å². The van der Waals surface area contributed by atoms with Crippen LogP contribution in [0.2, 0.25) is 0 Å². The molecule has 0 aromatic rings. The van der Waals surface area contributed by atoms with Gasteiger partial charge in [-0.25, -0.2) is 0 Å². The second-order valence-electron chi connectivity index (χ2n) is 5.15. The number of nitrogens with zero attached hydrogens (tertiary/aromatic N) is 1. The van der Waals surface area contributed by atoms with E-state index in [9.17, 15) is 0 Å². The van der Waals surface area contributed by atoms with E-state index in [1.807, 2.05) is 0 Å². The molecule has 2 unspecified atom stereocenters. The average molecular weight is 232 g/mol. The number of hydrogen-bond donors (Lipinski definition) is 0. The maximum atomic E-state index is 5.65. The van der Waals surface area contributed by atoms with Crippen LogP contribution in [-0.2, 0) is 0 Å². The number of halogens is 1. The number of unbranched alkanes of at least 4 members (excludes halogenated alkanes) is 3. The van der Waals surface area contributed by atoms with Gasteiger partial charge in [0.2, 0.25) is 0 Å². The van der Waals surface area contributed by atoms with Crippen molar-refractivity contribution in [3.8, 4) is 0 Å². The molecule has 0 amide bonds. The molecule has 0 N–H and O–H groups in total. The summed E-state index contributed by atoms with van der Waals surface area (Å²) in [6.45, 7) is 8.73. The number of likely N-dealkylation sites (tertiary alicyclic amines) is 1. The highest BCUT2D eigenvalue weighted by Crippen LogP contribution is 2.22. The van der Waals surface area contributed by atoms with Gasteiger partial charge in [0.25, 0.3) is 0 Å². The third-order valence-corrected chi connectivity index (χ3v) is 4.04. The zero-order valence-corrected chi connectivity index (χ0v) is 11.1. The first-order valence-electron chi connectivity index (χ1n) is 6.52. The first-order chi connectivity index (χ1) is 7.24. The highest BCUT2D eigenvalue weighted by molar-refractivity contribution is 6.17. The zero-order valence-electron chi connectivity index (χ0n) is 10.3. The molecule has 0 spiro atoms. The lowest BCUT2D eigenvalue weighted by molar-refractivity contribution is 0.136. The summed E-state index contributed by atoms with van der Waals surface area (Å²) in [7, 11) is 0. The predicted molar refractivity (Wildman–Crippen MR) is 68.6 cm³/mol. The molecule has 1 aliphatic heterocycles. The van der Waals surface area contributed by atoms with Gasteiger partial charge < -0.3 is 4.90 Å². The van der Waals surface area contributed by atoms with Crippen molar-refractivity contribution in [1.82, 2.24) is 4.90 Å². The molecular formula is C13H26ClN. The van der Waals surface area contributed by atoms with Gasteiger partial charge in [-0.1, -0.05) is 26.7 Å². The Balaban J connectivity index is 2.02. The Kier molecular flexibility index (Phi) is 6.67. The van der Waals surface area contributed by atoms with E-state index >= 15 is 0 Å². The maximum Gasteiger partial charge on any atom is 0.0223 e. The summed E-state index contributed by atoms with van der Waals surface area (Å²) in [5, 5.41) is 0. The fourth-order valence-corrected chi connectivity index (χ4v) is 2.52. The van der Waals surface area contributed by atoms with Gasteiger partial charge in [-0.2, -0.15) is 0 Å². The smallest absolute Gasteiger partial charge is 0.0223 e. The number of alkyl halides is 1. The summed E-state index contributed by atoms with van der Waals surface area (Å²) < 4.78 is 0. The predicted octanol–water partition coefficient (Wildman–Crippen LogP) is 3.76. The van der Waals surface area contributed by atoms with Crippen molar-refractivity contribution in [2.45, 2.75) is 46.0 Å². The molecular weight excluding hydrogens is 206 g/mol. The van der Waals surface area contributed by atoms with Gasteiger partial charge in [0.15, 0.2) is 0 Å². The highest BCUT2D eigenvalue weighted by atomic mass is 35.5. The van der Waals surface area contributed by atoms with Crippen LogP contribution in [0.5, 0.6) is 0 Å². The van der Waals surface area contributed by atoms with E-state index in [4.69, 9.17) is 11.6 Å². The van der Waals surface area contributed by atoms with Crippen LogP contribution in [0.4, 0.5) is 0 Å². The topological polar surface area (TPSA) is 3.24 Å². The largest absolute Gasteiger partial charge is 0.303 e. The van der Waals surface area contributed by atoms with E-state index in [-0.39, 0.29) is 0 Å². The van der Waals surface area contributed by atoms with Gasteiger partial charge in [-0.05, 0) is 44.2 Å². The molecule has 0 aromatic carbocycles. The monoisotopic (exact) mass is 231 g/mol. The molecule has 2 atom stereocenters. The molecule has 1 fully saturated rings. The fraction of sp³-hybridized carbons (Fsp3) is 1.00. The minimum Gasteiger partial charge on any atom is -0.303 e. The van der Waals surface area contributed by atoms with Crippen molar-refractivity contribution < 1.29 is 0 Å². The van der Waals surface area contributed by atoms with E-state index in [0.717, 1.165) is 17.7 Å². The molecule has 90 valence electrons. The van der Waals surface area contributed by atoms with E-state index in [0.29, 0.717) is 0 Å². The van der Waals surface area contributed by atoms with Crippen LogP contribution >= 0.6 is 11.6 Å². The molecule has 1 saturated heterocycles. The van der Waals surface area contributed by atoms with E-state index in [1.54, 1.807) is 0 Å². The SMILES string of the molecule is CC1CCN(CCCCCCCl)CC1C. The van der Waals surface area contributed by atoms with Gasteiger partial charge in [-0.15, -0.1) is 11.6 Å². The Hall–Kier alpha value is 0.250. The molecule has 0 bridgehead atoms. The molecule has 0 saturated carbocycles. The quantitative estimate of drug-likeness (QED) is 0.497. The van der Waals surface area contributed by atoms with Crippen LogP contribution in [0, 0.1) is 11.8 Å². The summed E-state index contributed by atoms with van der Waals surface area (Å²) in [5.74, 6) is 2.65. The van der Waals surface area contributed by atoms with Crippen molar-refractivity contribution in [3.05, 3.63) is 0 Å². The van der Waals surface area contributed by atoms with Gasteiger partial charge in [-0.3, -0.25) is 0 Å². The summed E-state index contributed by atoms with van der Waals surface area (Å²) >= 11 is 5.65. The van der Waals surface area contributed by atoms with Gasteiger partial charge in [0, 0.05) is 12.4 Å². The van der Waals surface area contributed by atoms with Gasteiger partial charge in [0.05, 0.1) is 0 Å². The normalized spacial score (nSPS) is 28.2. The zero-order chi connectivity index (χ0) is 11.1. The third kappa shape index (κ3) is 5.21. The first kappa shape index (κ1) is 13.3. The third-order valence-electron chi connectivity index (χ3n) is 3.78. The Morgan fingerprint density at radius 1 is 1.07 bits per heavy atom. The average Bonchev–Trinajstić information content (AvgIpc) is 2.23. The molecule has 0 aromatic heterocycles. The van der Waals surface area contributed by atoms with Crippen LogP contribution in [0.25, 0.3) is 0 Å². The number of hydrogen-bond acceptors (Lipinski definition) is 1. The van der Waals surface area contributed by atoms with Crippen molar-refractivity contribution in [2.24, 2.45) is 11.8 Å². The number of rotatable bonds is 6. The first-order valence-corrected chi connectivity index (χ1v) is 7.05. The highest BCUT2D eigenvalue weighted by Gasteiger charge is 2.21. The summed E-state index contributed by atoms with van der Waals surface area (Å²) in [4.78, 5) is 2.64. The lowest BCUT2D eigenvalue weighted by atomic mass is 9.88. The minimum absolute atomic E-state index is 0.832. The Labute approximate surface area is 100 Å². The van der Waals surface area contributed by atoms with Gasteiger partial charge in [0.1, 0.15) is 0 Å². The Bertz CT molecular complexity index is 161. The lowest BCUT2D eigenvalue weighted by Gasteiger charge is -2.35. The summed E-state index contributed by atoms with van der Waals surface area (Å²) in [6.07, 6.45) is 6.60. The fourth-order valence-electron chi connectivity index (χ4n) is 2.34. The second kappa shape index (κ2) is 7.51. The summed E-state index contributed by atoms with van der Waals surface area (Å²) in [6, 6.07) is 0. The molecule has 2 heteroatoms. The van der Waals surface area contributed by atoms with Crippen molar-refractivity contribution in [1.29, 1.82) is 0 Å². The van der Waals surface area contributed by atoms with E-state index in [1.165, 1.54) is 51.7 Å². The van der Waals surface area contributed by atoms with Crippen molar-refractivity contribution in [2.75, 3.05) is 25.5 Å². The van der Waals surface area contributed by atoms with Crippen LogP contribution in [0.3, 0.4) is 0 Å². The lowest BCUT2D eigenvalue weighted by Crippen LogP contribution is -2.38. The molecule has 0 aliphatic carbocycles. The van der Waals surface area contributed by atoms with Crippen molar-refractivity contribution in [3.63, 3.8) is 0 Å². The minimum atomic E-state index is 0.832. The van der Waals surface area contributed by atoms with Crippen LogP contribution in [0.15, 0.2) is 0 Å². The molecule has 1 nitrogen and oxygen atoms in total. The Morgan fingerprint density at radius 3 is 2.47 bits per heavy atom.